The molecule has 3 N–H and O–H groups in total. The molecule has 0 saturated heterocycles. The fourth-order valence-electron chi connectivity index (χ4n) is 2.56. The molecule has 0 aliphatic carbocycles. The number of urea groups is 1. The highest BCUT2D eigenvalue weighted by Gasteiger charge is 2.25. The molecule has 9 heteroatoms. The van der Waals surface area contributed by atoms with Crippen molar-refractivity contribution in [3.05, 3.63) is 71.4 Å². The van der Waals surface area contributed by atoms with Crippen LogP contribution in [0.4, 0.5) is 4.79 Å². The van der Waals surface area contributed by atoms with Crippen LogP contribution in [0.5, 0.6) is 0 Å². The molecule has 0 aliphatic rings. The van der Waals surface area contributed by atoms with Gasteiger partial charge in [0.25, 0.3) is 5.91 Å². The van der Waals surface area contributed by atoms with Crippen LogP contribution in [-0.4, -0.2) is 33.8 Å². The van der Waals surface area contributed by atoms with E-state index in [-0.39, 0.29) is 5.56 Å². The van der Waals surface area contributed by atoms with Crippen molar-refractivity contribution in [2.45, 2.75) is 13.0 Å². The van der Waals surface area contributed by atoms with E-state index in [0.29, 0.717) is 16.3 Å². The molecule has 0 saturated carbocycles. The number of nitrogens with zero attached hydrogens (tertiary/aromatic N) is 2. The lowest BCUT2D eigenvalue weighted by atomic mass is 10.1. The first-order valence-electron chi connectivity index (χ1n) is 8.57. The molecule has 0 fully saturated rings. The SMILES string of the molecule is CC(OC(=O)c1cn(-c2ccccc2)nc1-c1ccc(Cl)cc1)C(=O)NC(N)=O. The van der Waals surface area contributed by atoms with Gasteiger partial charge >= 0.3 is 12.0 Å². The van der Waals surface area contributed by atoms with Crippen LogP contribution in [0.15, 0.2) is 60.8 Å². The van der Waals surface area contributed by atoms with Crippen molar-refractivity contribution < 1.29 is 19.1 Å². The Hall–Kier alpha value is -3.65. The number of nitrogens with one attached hydrogen (secondary N) is 1. The first kappa shape index (κ1) is 20.1. The van der Waals surface area contributed by atoms with Crippen LogP contribution in [-0.2, 0) is 9.53 Å². The number of ether oxygens (including phenoxy) is 1. The van der Waals surface area contributed by atoms with Crippen molar-refractivity contribution >= 4 is 29.5 Å². The van der Waals surface area contributed by atoms with Crippen molar-refractivity contribution in [1.82, 2.24) is 15.1 Å². The fraction of sp³-hybridized carbons (Fsp3) is 0.100. The maximum absolute atomic E-state index is 12.8. The number of nitrogens with two attached hydrogens (primary N) is 1. The summed E-state index contributed by atoms with van der Waals surface area (Å²) in [4.78, 5) is 35.4. The summed E-state index contributed by atoms with van der Waals surface area (Å²) < 4.78 is 6.73. The molecule has 29 heavy (non-hydrogen) atoms. The van der Waals surface area contributed by atoms with Crippen LogP contribution in [0.2, 0.25) is 5.02 Å². The largest absolute Gasteiger partial charge is 0.449 e. The number of carbonyl (C=O) groups excluding carboxylic acids is 3. The van der Waals surface area contributed by atoms with Gasteiger partial charge in [0.15, 0.2) is 6.10 Å². The minimum atomic E-state index is -1.23. The summed E-state index contributed by atoms with van der Waals surface area (Å²) in [6.45, 7) is 1.33. The van der Waals surface area contributed by atoms with E-state index >= 15 is 0 Å². The Kier molecular flexibility index (Phi) is 5.94. The Morgan fingerprint density at radius 2 is 1.76 bits per heavy atom. The number of aromatic nitrogens is 2. The summed E-state index contributed by atoms with van der Waals surface area (Å²) in [7, 11) is 0. The number of hydrogen-bond donors (Lipinski definition) is 2. The minimum absolute atomic E-state index is 0.148. The van der Waals surface area contributed by atoms with Crippen molar-refractivity contribution in [1.29, 1.82) is 0 Å². The summed E-state index contributed by atoms with van der Waals surface area (Å²) in [5.41, 5.74) is 6.81. The van der Waals surface area contributed by atoms with E-state index in [9.17, 15) is 14.4 Å². The third-order valence-corrected chi connectivity index (χ3v) is 4.22. The molecule has 3 aromatic rings. The van der Waals surface area contributed by atoms with E-state index in [1.807, 2.05) is 35.6 Å². The van der Waals surface area contributed by atoms with Crippen LogP contribution in [0.3, 0.4) is 0 Å². The van der Waals surface area contributed by atoms with E-state index in [2.05, 4.69) is 5.10 Å². The van der Waals surface area contributed by atoms with Crippen LogP contribution in [0.1, 0.15) is 17.3 Å². The number of hydrogen-bond acceptors (Lipinski definition) is 5. The van der Waals surface area contributed by atoms with Crippen LogP contribution < -0.4 is 11.1 Å². The molecule has 1 atom stereocenters. The van der Waals surface area contributed by atoms with Gasteiger partial charge in [-0.3, -0.25) is 10.1 Å². The molecule has 1 heterocycles. The molecule has 0 aliphatic heterocycles. The fourth-order valence-corrected chi connectivity index (χ4v) is 2.68. The Bertz CT molecular complexity index is 1050. The Morgan fingerprint density at radius 1 is 1.10 bits per heavy atom. The quantitative estimate of drug-likeness (QED) is 0.625. The third kappa shape index (κ3) is 4.80. The van der Waals surface area contributed by atoms with Gasteiger partial charge < -0.3 is 10.5 Å². The zero-order valence-electron chi connectivity index (χ0n) is 15.3. The molecule has 0 bridgehead atoms. The van der Waals surface area contributed by atoms with Gasteiger partial charge in [-0.1, -0.05) is 41.9 Å². The minimum Gasteiger partial charge on any atom is -0.449 e. The predicted molar refractivity (Wildman–Crippen MR) is 107 cm³/mol. The lowest BCUT2D eigenvalue weighted by molar-refractivity contribution is -0.127. The summed E-state index contributed by atoms with van der Waals surface area (Å²) >= 11 is 5.95. The van der Waals surface area contributed by atoms with E-state index in [1.54, 1.807) is 24.3 Å². The van der Waals surface area contributed by atoms with Gasteiger partial charge in [-0.2, -0.15) is 5.10 Å². The highest BCUT2D eigenvalue weighted by Crippen LogP contribution is 2.26. The number of para-hydroxylation sites is 1. The van der Waals surface area contributed by atoms with Crippen molar-refractivity contribution in [3.63, 3.8) is 0 Å². The number of primary amides is 1. The number of halogens is 1. The van der Waals surface area contributed by atoms with E-state index in [4.69, 9.17) is 22.1 Å². The van der Waals surface area contributed by atoms with Crippen LogP contribution >= 0.6 is 11.6 Å². The van der Waals surface area contributed by atoms with Crippen LogP contribution in [0.25, 0.3) is 16.9 Å². The van der Waals surface area contributed by atoms with Gasteiger partial charge in [-0.25, -0.2) is 14.3 Å². The molecule has 0 radical (unpaired) electrons. The number of benzene rings is 2. The average molecular weight is 413 g/mol. The first-order valence-corrected chi connectivity index (χ1v) is 8.95. The molecule has 0 spiro atoms. The molecule has 8 nitrogen and oxygen atoms in total. The second-order valence-electron chi connectivity index (χ2n) is 6.08. The first-order chi connectivity index (χ1) is 13.8. The molecular weight excluding hydrogens is 396 g/mol. The maximum Gasteiger partial charge on any atom is 0.342 e. The third-order valence-electron chi connectivity index (χ3n) is 3.97. The molecule has 2 aromatic carbocycles. The Labute approximate surface area is 171 Å². The summed E-state index contributed by atoms with van der Waals surface area (Å²) in [6, 6.07) is 15.0. The van der Waals surface area contributed by atoms with Gasteiger partial charge in [0.2, 0.25) is 0 Å². The van der Waals surface area contributed by atoms with Crippen molar-refractivity contribution in [2.75, 3.05) is 0 Å². The molecule has 3 rings (SSSR count). The van der Waals surface area contributed by atoms with Gasteiger partial charge in [-0.15, -0.1) is 0 Å². The summed E-state index contributed by atoms with van der Waals surface area (Å²) in [6.07, 6.45) is 0.286. The summed E-state index contributed by atoms with van der Waals surface area (Å²) in [5, 5.41) is 6.91. The molecule has 148 valence electrons. The average Bonchev–Trinajstić information content (AvgIpc) is 3.14. The van der Waals surface area contributed by atoms with Crippen molar-refractivity contribution in [2.24, 2.45) is 5.73 Å². The zero-order chi connectivity index (χ0) is 21.0. The lowest BCUT2D eigenvalue weighted by Gasteiger charge is -2.11. The molecule has 1 aromatic heterocycles. The van der Waals surface area contributed by atoms with E-state index < -0.39 is 24.0 Å². The topological polar surface area (TPSA) is 116 Å². The van der Waals surface area contributed by atoms with Gasteiger partial charge in [0.05, 0.1) is 5.69 Å². The number of esters is 1. The highest BCUT2D eigenvalue weighted by molar-refractivity contribution is 6.30. The molecule has 3 amide bonds. The van der Waals surface area contributed by atoms with Gasteiger partial charge in [0.1, 0.15) is 11.3 Å². The summed E-state index contributed by atoms with van der Waals surface area (Å²) in [5.74, 6) is -1.60. The Morgan fingerprint density at radius 3 is 2.38 bits per heavy atom. The van der Waals surface area contributed by atoms with Crippen LogP contribution in [0, 0.1) is 0 Å². The number of carbonyl (C=O) groups is 3. The van der Waals surface area contributed by atoms with Gasteiger partial charge in [-0.05, 0) is 31.2 Å². The second kappa shape index (κ2) is 8.57. The Balaban J connectivity index is 1.96. The lowest BCUT2D eigenvalue weighted by Crippen LogP contribution is -2.42. The highest BCUT2D eigenvalue weighted by atomic mass is 35.5. The number of rotatable bonds is 5. The second-order valence-corrected chi connectivity index (χ2v) is 6.52. The predicted octanol–water partition coefficient (Wildman–Crippen LogP) is 2.93. The molecular formula is C20H17ClN4O4. The van der Waals surface area contributed by atoms with Crippen molar-refractivity contribution in [3.8, 4) is 16.9 Å². The maximum atomic E-state index is 12.8. The van der Waals surface area contributed by atoms with E-state index in [1.165, 1.54) is 17.8 Å². The molecule has 1 unspecified atom stereocenters. The van der Waals surface area contributed by atoms with Gasteiger partial charge in [0, 0.05) is 16.8 Å². The standard InChI is InChI=1S/C20H17ClN4O4/c1-12(18(26)23-20(22)28)29-19(27)16-11-25(15-5-3-2-4-6-15)24-17(16)13-7-9-14(21)10-8-13/h2-12H,1H3,(H3,22,23,26,28). The normalized spacial score (nSPS) is 11.5. The zero-order valence-corrected chi connectivity index (χ0v) is 16.1. The monoisotopic (exact) mass is 412 g/mol. The number of imide groups is 1. The smallest absolute Gasteiger partial charge is 0.342 e. The number of amides is 3. The van der Waals surface area contributed by atoms with E-state index in [0.717, 1.165) is 5.69 Å².